The van der Waals surface area contributed by atoms with Crippen molar-refractivity contribution in [2.24, 2.45) is 7.05 Å². The SMILES string of the molecule is Cn1c(C(=O)Nc2cccc(COc3ccc(OC4C[C@H]5CC[C@@H](C4)N5[B]C=O)cc3)c2)cc2sccc21. The average Bonchev–Trinajstić information content (AvgIpc) is 3.57. The molecule has 2 fully saturated rings. The Morgan fingerprint density at radius 3 is 2.58 bits per heavy atom. The van der Waals surface area contributed by atoms with Crippen molar-refractivity contribution in [2.45, 2.75) is 50.5 Å². The number of aromatic nitrogens is 1. The fourth-order valence-corrected chi connectivity index (χ4v) is 6.60. The minimum Gasteiger partial charge on any atom is -0.490 e. The van der Waals surface area contributed by atoms with Gasteiger partial charge in [-0.1, -0.05) is 12.1 Å². The summed E-state index contributed by atoms with van der Waals surface area (Å²) < 4.78 is 15.3. The van der Waals surface area contributed by atoms with Crippen LogP contribution < -0.4 is 14.8 Å². The zero-order valence-electron chi connectivity index (χ0n) is 21.2. The monoisotopic (exact) mass is 526 g/mol. The fraction of sp³-hybridized carbons (Fsp3) is 0.310. The lowest BCUT2D eigenvalue weighted by atomic mass is 9.85. The Morgan fingerprint density at radius 1 is 1.08 bits per heavy atom. The van der Waals surface area contributed by atoms with Gasteiger partial charge < -0.3 is 29.0 Å². The van der Waals surface area contributed by atoms with Crippen molar-refractivity contribution < 1.29 is 19.1 Å². The maximum absolute atomic E-state index is 12.9. The van der Waals surface area contributed by atoms with Crippen LogP contribution in [0.1, 0.15) is 41.7 Å². The fourth-order valence-electron chi connectivity index (χ4n) is 5.75. The third-order valence-electron chi connectivity index (χ3n) is 7.59. The first-order valence-electron chi connectivity index (χ1n) is 13.0. The van der Waals surface area contributed by atoms with Crippen molar-refractivity contribution in [3.63, 3.8) is 0 Å². The van der Waals surface area contributed by atoms with Gasteiger partial charge in [0, 0.05) is 24.8 Å². The predicted octanol–water partition coefficient (Wildman–Crippen LogP) is 5.25. The van der Waals surface area contributed by atoms with Crippen LogP contribution in [0.4, 0.5) is 5.69 Å². The minimum atomic E-state index is -0.134. The van der Waals surface area contributed by atoms with Gasteiger partial charge in [0.2, 0.25) is 0 Å². The molecule has 0 spiro atoms. The number of benzene rings is 2. The molecular weight excluding hydrogens is 497 g/mol. The van der Waals surface area contributed by atoms with Crippen LogP contribution in [0.2, 0.25) is 0 Å². The van der Waals surface area contributed by atoms with Crippen LogP contribution in [-0.2, 0) is 18.4 Å². The molecule has 3 atom stereocenters. The van der Waals surface area contributed by atoms with E-state index in [0.717, 1.165) is 64.8 Å². The molecule has 2 aromatic carbocycles. The quantitative estimate of drug-likeness (QED) is 0.238. The van der Waals surface area contributed by atoms with Crippen LogP contribution in [-0.4, -0.2) is 47.1 Å². The number of nitrogens with one attached hydrogen (secondary N) is 1. The highest BCUT2D eigenvalue weighted by Gasteiger charge is 2.41. The largest absolute Gasteiger partial charge is 0.490 e. The molecule has 2 aromatic heterocycles. The van der Waals surface area contributed by atoms with Crippen LogP contribution in [0.5, 0.6) is 11.5 Å². The van der Waals surface area contributed by atoms with E-state index in [4.69, 9.17) is 9.47 Å². The highest BCUT2D eigenvalue weighted by Crippen LogP contribution is 2.36. The number of piperidine rings is 1. The van der Waals surface area contributed by atoms with Gasteiger partial charge in [-0.2, -0.15) is 0 Å². The molecule has 0 aliphatic carbocycles. The first-order chi connectivity index (χ1) is 18.6. The van der Waals surface area contributed by atoms with Crippen molar-refractivity contribution in [1.82, 2.24) is 9.38 Å². The van der Waals surface area contributed by atoms with E-state index < -0.39 is 0 Å². The van der Waals surface area contributed by atoms with E-state index in [-0.39, 0.29) is 12.0 Å². The van der Waals surface area contributed by atoms with Gasteiger partial charge >= 0.3 is 0 Å². The van der Waals surface area contributed by atoms with E-state index in [2.05, 4.69) is 10.1 Å². The second kappa shape index (κ2) is 10.7. The molecule has 2 aliphatic rings. The van der Waals surface area contributed by atoms with Crippen molar-refractivity contribution in [1.29, 1.82) is 0 Å². The summed E-state index contributed by atoms with van der Waals surface area (Å²) in [4.78, 5) is 26.0. The molecule has 1 radical (unpaired) electrons. The molecule has 4 aromatic rings. The molecule has 2 bridgehead atoms. The first-order valence-corrected chi connectivity index (χ1v) is 13.8. The number of rotatable bonds is 9. The Bertz CT molecular complexity index is 1440. The number of hydrogen-bond acceptors (Lipinski definition) is 6. The summed E-state index contributed by atoms with van der Waals surface area (Å²) in [5.41, 5.74) is 3.39. The van der Waals surface area contributed by atoms with E-state index >= 15 is 0 Å². The van der Waals surface area contributed by atoms with Gasteiger partial charge in [-0.3, -0.25) is 4.79 Å². The Hall–Kier alpha value is -3.56. The zero-order valence-corrected chi connectivity index (χ0v) is 22.0. The molecule has 2 aliphatic heterocycles. The van der Waals surface area contributed by atoms with Gasteiger partial charge in [-0.05, 0) is 85.2 Å². The van der Waals surface area contributed by atoms with Crippen molar-refractivity contribution in [3.8, 4) is 11.5 Å². The number of carbonyl (C=O) groups is 2. The molecule has 9 heteroatoms. The van der Waals surface area contributed by atoms with E-state index in [1.165, 1.54) is 0 Å². The van der Waals surface area contributed by atoms with Crippen LogP contribution in [0, 0.1) is 0 Å². The van der Waals surface area contributed by atoms with Crippen LogP contribution in [0.25, 0.3) is 10.2 Å². The highest BCUT2D eigenvalue weighted by atomic mass is 32.1. The summed E-state index contributed by atoms with van der Waals surface area (Å²) >= 11 is 1.63. The van der Waals surface area contributed by atoms with Crippen LogP contribution >= 0.6 is 11.3 Å². The van der Waals surface area contributed by atoms with Gasteiger partial charge in [-0.25, -0.2) is 0 Å². The maximum Gasteiger partial charge on any atom is 0.293 e. The van der Waals surface area contributed by atoms with Crippen molar-refractivity contribution >= 4 is 46.7 Å². The van der Waals surface area contributed by atoms with E-state index in [1.54, 1.807) is 18.8 Å². The van der Waals surface area contributed by atoms with Crippen molar-refractivity contribution in [2.75, 3.05) is 5.32 Å². The lowest BCUT2D eigenvalue weighted by molar-refractivity contribution is 0.0957. The van der Waals surface area contributed by atoms with Gasteiger partial charge in [0.05, 0.1) is 16.4 Å². The molecule has 1 unspecified atom stereocenters. The highest BCUT2D eigenvalue weighted by molar-refractivity contribution is 7.17. The summed E-state index contributed by atoms with van der Waals surface area (Å²) in [6, 6.07) is 20.2. The Balaban J connectivity index is 1.02. The van der Waals surface area contributed by atoms with Crippen LogP contribution in [0.3, 0.4) is 0 Å². The summed E-state index contributed by atoms with van der Waals surface area (Å²) in [6.45, 7) is 0.388. The van der Waals surface area contributed by atoms with Gasteiger partial charge in [0.25, 0.3) is 13.3 Å². The van der Waals surface area contributed by atoms with E-state index in [9.17, 15) is 9.59 Å². The molecule has 2 saturated heterocycles. The topological polar surface area (TPSA) is 72.8 Å². The number of fused-ring (bicyclic) bond motifs is 3. The lowest BCUT2D eigenvalue weighted by Gasteiger charge is -2.37. The number of nitrogens with zero attached hydrogens (tertiary/aromatic N) is 2. The van der Waals surface area contributed by atoms with Crippen molar-refractivity contribution in [3.05, 3.63) is 77.3 Å². The molecule has 193 valence electrons. The Morgan fingerprint density at radius 2 is 1.84 bits per heavy atom. The molecule has 0 saturated carbocycles. The number of ether oxygens (including phenoxy) is 2. The average molecular weight is 526 g/mol. The van der Waals surface area contributed by atoms with Crippen LogP contribution in [0.15, 0.2) is 66.0 Å². The molecular formula is C29H29BN3O4S. The zero-order chi connectivity index (χ0) is 26.1. The molecule has 7 nitrogen and oxygen atoms in total. The number of hydrogen-bond donors (Lipinski definition) is 1. The minimum absolute atomic E-state index is 0.134. The number of aryl methyl sites for hydroxylation is 1. The molecule has 1 amide bonds. The summed E-state index contributed by atoms with van der Waals surface area (Å²) in [7, 11) is 3.60. The van der Waals surface area contributed by atoms with Gasteiger partial charge in [-0.15, -0.1) is 11.3 Å². The predicted molar refractivity (Wildman–Crippen MR) is 151 cm³/mol. The number of anilines is 1. The normalized spacial score (nSPS) is 20.8. The second-order valence-corrected chi connectivity index (χ2v) is 10.9. The summed E-state index contributed by atoms with van der Waals surface area (Å²) in [5, 5.41) is 5.03. The Kier molecular flexibility index (Phi) is 6.95. The number of thiophene rings is 1. The van der Waals surface area contributed by atoms with E-state index in [1.807, 2.05) is 77.7 Å². The maximum atomic E-state index is 12.9. The molecule has 1 N–H and O–H groups in total. The molecule has 38 heavy (non-hydrogen) atoms. The molecule has 6 rings (SSSR count). The standard InChI is InChI=1S/C29H29BN3O4S/c1-32-26-11-12-38-28(26)16-27(32)29(35)31-20-4-2-3-19(13-20)17-36-23-7-9-24(10-8-23)37-25-14-21-5-6-22(15-25)33(21)30-18-34/h2-4,7-13,16,18,21-22,25H,5-6,14-15,17H2,1H3,(H,31,35)/t21-,22+,25?. The molecule has 4 heterocycles. The number of amides is 1. The summed E-state index contributed by atoms with van der Waals surface area (Å²) in [6.07, 6.45) is 5.18. The second-order valence-electron chi connectivity index (χ2n) is 10.0. The third kappa shape index (κ3) is 5.08. The van der Waals surface area contributed by atoms with Gasteiger partial charge in [0.15, 0.2) is 0 Å². The smallest absolute Gasteiger partial charge is 0.293 e. The number of carbonyl (C=O) groups excluding carboxylic acids is 2. The lowest BCUT2D eigenvalue weighted by Crippen LogP contribution is -2.48. The van der Waals surface area contributed by atoms with E-state index in [0.29, 0.717) is 24.4 Å². The Labute approximate surface area is 226 Å². The van der Waals surface area contributed by atoms with Gasteiger partial charge in [0.1, 0.15) is 29.9 Å². The first kappa shape index (κ1) is 24.8. The third-order valence-corrected chi connectivity index (χ3v) is 8.45. The summed E-state index contributed by atoms with van der Waals surface area (Å²) in [5.74, 6) is 1.45.